The Hall–Kier alpha value is -1.81. The number of nitrogens with zero attached hydrogens (tertiary/aromatic N) is 2. The molecule has 0 bridgehead atoms. The van der Waals surface area contributed by atoms with Crippen molar-refractivity contribution in [3.05, 3.63) is 0 Å². The molecule has 7 heteroatoms. The van der Waals surface area contributed by atoms with E-state index in [-0.39, 0.29) is 18.3 Å². The largest absolute Gasteiger partial charge is 0.386 e. The molecular formula is C7H14N6O. The minimum absolute atomic E-state index is 0.176. The number of nitrogens with two attached hydrogens (primary N) is 2. The molecule has 0 saturated heterocycles. The van der Waals surface area contributed by atoms with Crippen LogP contribution in [0.5, 0.6) is 0 Å². The van der Waals surface area contributed by atoms with Gasteiger partial charge in [0.2, 0.25) is 6.19 Å². The lowest BCUT2D eigenvalue weighted by atomic mass is 10.1. The first-order valence-corrected chi connectivity index (χ1v) is 4.01. The maximum atomic E-state index is 10.4. The van der Waals surface area contributed by atoms with Crippen LogP contribution in [0.25, 0.3) is 0 Å². The van der Waals surface area contributed by atoms with Gasteiger partial charge in [-0.05, 0) is 7.05 Å². The van der Waals surface area contributed by atoms with E-state index in [4.69, 9.17) is 16.7 Å². The quantitative estimate of drug-likeness (QED) is 0.239. The van der Waals surface area contributed by atoms with Crippen molar-refractivity contribution in [3.63, 3.8) is 0 Å². The minimum Gasteiger partial charge on any atom is -0.386 e. The highest BCUT2D eigenvalue weighted by atomic mass is 16.2. The molecule has 7 nitrogen and oxygen atoms in total. The van der Waals surface area contributed by atoms with Crippen molar-refractivity contribution in [2.75, 3.05) is 20.1 Å². The predicted molar refractivity (Wildman–Crippen MR) is 52.2 cm³/mol. The summed E-state index contributed by atoms with van der Waals surface area (Å²) in [6, 6.07) is -0.629. The van der Waals surface area contributed by atoms with Crippen LogP contribution in [0.4, 0.5) is 4.79 Å². The molecule has 0 aromatic heterocycles. The Morgan fingerprint density at radius 2 is 2.21 bits per heavy atom. The number of nitriles is 1. The number of hydrogen-bond acceptors (Lipinski definition) is 4. The van der Waals surface area contributed by atoms with E-state index in [1.165, 1.54) is 0 Å². The van der Waals surface area contributed by atoms with Crippen molar-refractivity contribution in [3.8, 4) is 6.19 Å². The van der Waals surface area contributed by atoms with Crippen molar-refractivity contribution < 1.29 is 4.79 Å². The van der Waals surface area contributed by atoms with Crippen LogP contribution in [-0.2, 0) is 0 Å². The first-order chi connectivity index (χ1) is 6.61. The second-order valence-corrected chi connectivity index (χ2v) is 2.64. The summed E-state index contributed by atoms with van der Waals surface area (Å²) in [5, 5.41) is 13.5. The van der Waals surface area contributed by atoms with Crippen LogP contribution in [0.2, 0.25) is 0 Å². The van der Waals surface area contributed by atoms with Crippen LogP contribution in [0.3, 0.4) is 0 Å². The van der Waals surface area contributed by atoms with Crippen LogP contribution in [0, 0.1) is 17.4 Å². The molecule has 1 atom stereocenters. The standard InChI is InChI=1S/C7H14N6O/c1-11-2-5(3-12-7(10)14)6(9)13-4-8/h5,11H,2-3H2,1H3,(H2,9,13)(H3,10,12,14). The lowest BCUT2D eigenvalue weighted by Crippen LogP contribution is -2.42. The second kappa shape index (κ2) is 6.68. The highest BCUT2D eigenvalue weighted by molar-refractivity contribution is 5.84. The SMILES string of the molecule is CNCC(CNC(N)=O)C(N)=NC#N. The molecular weight excluding hydrogens is 184 g/mol. The number of carbonyl (C=O) groups excluding carboxylic acids is 1. The number of primary amides is 1. The van der Waals surface area contributed by atoms with E-state index in [0.717, 1.165) is 0 Å². The second-order valence-electron chi connectivity index (χ2n) is 2.64. The first kappa shape index (κ1) is 12.2. The van der Waals surface area contributed by atoms with E-state index in [1.54, 1.807) is 13.2 Å². The number of amides is 2. The number of nitrogens with one attached hydrogen (secondary N) is 2. The summed E-state index contributed by atoms with van der Waals surface area (Å²) in [7, 11) is 1.73. The summed E-state index contributed by atoms with van der Waals surface area (Å²) >= 11 is 0. The molecule has 1 unspecified atom stereocenters. The fourth-order valence-electron chi connectivity index (χ4n) is 0.901. The van der Waals surface area contributed by atoms with Crippen LogP contribution < -0.4 is 22.1 Å². The first-order valence-electron chi connectivity index (χ1n) is 4.01. The maximum absolute atomic E-state index is 10.4. The Morgan fingerprint density at radius 3 is 2.64 bits per heavy atom. The maximum Gasteiger partial charge on any atom is 0.312 e. The number of amidine groups is 1. The molecule has 2 amide bonds. The molecule has 78 valence electrons. The molecule has 0 aromatic rings. The summed E-state index contributed by atoms with van der Waals surface area (Å²) in [5.41, 5.74) is 10.4. The Kier molecular flexibility index (Phi) is 5.82. The molecule has 0 aliphatic carbocycles. The van der Waals surface area contributed by atoms with Gasteiger partial charge in [-0.15, -0.1) is 0 Å². The number of hydrogen-bond donors (Lipinski definition) is 4. The molecule has 0 saturated carbocycles. The van der Waals surface area contributed by atoms with Gasteiger partial charge in [-0.25, -0.2) is 4.79 Å². The monoisotopic (exact) mass is 198 g/mol. The number of urea groups is 1. The van der Waals surface area contributed by atoms with Gasteiger partial charge in [0.05, 0.1) is 0 Å². The fourth-order valence-corrected chi connectivity index (χ4v) is 0.901. The molecule has 0 rings (SSSR count). The Labute approximate surface area is 82.2 Å². The smallest absolute Gasteiger partial charge is 0.312 e. The number of carbonyl (C=O) groups is 1. The third-order valence-corrected chi connectivity index (χ3v) is 1.57. The van der Waals surface area contributed by atoms with E-state index in [2.05, 4.69) is 15.6 Å². The lowest BCUT2D eigenvalue weighted by Gasteiger charge is -2.14. The lowest BCUT2D eigenvalue weighted by molar-refractivity contribution is 0.248. The highest BCUT2D eigenvalue weighted by Crippen LogP contribution is 1.93. The zero-order valence-electron chi connectivity index (χ0n) is 7.95. The predicted octanol–water partition coefficient (Wildman–Crippen LogP) is -1.67. The van der Waals surface area contributed by atoms with Crippen molar-refractivity contribution >= 4 is 11.9 Å². The topological polar surface area (TPSA) is 129 Å². The average Bonchev–Trinajstić information content (AvgIpc) is 2.12. The zero-order valence-corrected chi connectivity index (χ0v) is 7.95. The van der Waals surface area contributed by atoms with Gasteiger partial charge in [-0.1, -0.05) is 0 Å². The highest BCUT2D eigenvalue weighted by Gasteiger charge is 2.12. The average molecular weight is 198 g/mol. The van der Waals surface area contributed by atoms with Crippen molar-refractivity contribution in [2.24, 2.45) is 22.4 Å². The molecule has 0 spiro atoms. The summed E-state index contributed by atoms with van der Waals surface area (Å²) in [5.74, 6) is -0.0530. The normalized spacial score (nSPS) is 13.0. The van der Waals surface area contributed by atoms with Crippen molar-refractivity contribution in [2.45, 2.75) is 0 Å². The van der Waals surface area contributed by atoms with Crippen molar-refractivity contribution in [1.82, 2.24) is 10.6 Å². The van der Waals surface area contributed by atoms with Gasteiger partial charge in [-0.3, -0.25) is 0 Å². The fraction of sp³-hybridized carbons (Fsp3) is 0.571. The summed E-state index contributed by atoms with van der Waals surface area (Å²) in [6.45, 7) is 0.768. The minimum atomic E-state index is -0.629. The van der Waals surface area contributed by atoms with Crippen LogP contribution in [0.15, 0.2) is 4.99 Å². The summed E-state index contributed by atoms with van der Waals surface area (Å²) in [4.78, 5) is 13.8. The third kappa shape index (κ3) is 4.95. The van der Waals surface area contributed by atoms with E-state index < -0.39 is 6.03 Å². The van der Waals surface area contributed by atoms with Crippen LogP contribution >= 0.6 is 0 Å². The van der Waals surface area contributed by atoms with E-state index in [1.807, 2.05) is 0 Å². The van der Waals surface area contributed by atoms with Gasteiger partial charge in [0.15, 0.2) is 0 Å². The van der Waals surface area contributed by atoms with Gasteiger partial charge in [-0.2, -0.15) is 10.3 Å². The molecule has 0 fully saturated rings. The third-order valence-electron chi connectivity index (χ3n) is 1.57. The van der Waals surface area contributed by atoms with Gasteiger partial charge < -0.3 is 22.1 Å². The van der Waals surface area contributed by atoms with Crippen LogP contribution in [0.1, 0.15) is 0 Å². The van der Waals surface area contributed by atoms with E-state index in [9.17, 15) is 4.79 Å². The number of rotatable bonds is 5. The Balaban J connectivity index is 4.22. The van der Waals surface area contributed by atoms with Crippen molar-refractivity contribution in [1.29, 1.82) is 5.26 Å². The zero-order chi connectivity index (χ0) is 11.0. The van der Waals surface area contributed by atoms with Gasteiger partial charge in [0.25, 0.3) is 0 Å². The molecule has 6 N–H and O–H groups in total. The summed E-state index contributed by atoms with van der Waals surface area (Å²) < 4.78 is 0. The molecule has 0 radical (unpaired) electrons. The molecule has 0 aromatic carbocycles. The van der Waals surface area contributed by atoms with Crippen LogP contribution in [-0.4, -0.2) is 32.0 Å². The summed E-state index contributed by atoms with van der Waals surface area (Å²) in [6.07, 6.45) is 1.59. The molecule has 0 heterocycles. The van der Waals surface area contributed by atoms with Gasteiger partial charge in [0.1, 0.15) is 5.84 Å². The Bertz CT molecular complexity index is 255. The number of aliphatic imine (C=N–C) groups is 1. The molecule has 0 aliphatic rings. The van der Waals surface area contributed by atoms with Gasteiger partial charge in [0, 0.05) is 19.0 Å². The Morgan fingerprint density at radius 1 is 1.57 bits per heavy atom. The molecule has 14 heavy (non-hydrogen) atoms. The molecule has 0 aliphatic heterocycles. The van der Waals surface area contributed by atoms with E-state index >= 15 is 0 Å². The van der Waals surface area contributed by atoms with E-state index in [0.29, 0.717) is 6.54 Å². The van der Waals surface area contributed by atoms with Gasteiger partial charge >= 0.3 is 6.03 Å².